The summed E-state index contributed by atoms with van der Waals surface area (Å²) in [5.41, 5.74) is 0.0219. The highest BCUT2D eigenvalue weighted by Crippen LogP contribution is 2.34. The van der Waals surface area contributed by atoms with Gasteiger partial charge in [0.05, 0.1) is 15.6 Å². The molecule has 13 heteroatoms. The van der Waals surface area contributed by atoms with Crippen molar-refractivity contribution >= 4 is 40.3 Å². The molecule has 194 valence electrons. The Kier molecular flexibility index (Phi) is 7.21. The first kappa shape index (κ1) is 26.1. The molecule has 0 bridgehead atoms. The fraction of sp³-hybridized carbons (Fsp3) is 0.208. The molecule has 0 atom stereocenters. The lowest BCUT2D eigenvalue weighted by Gasteiger charge is -2.38. The van der Waals surface area contributed by atoms with Gasteiger partial charge in [-0.3, -0.25) is 14.9 Å². The number of nitro benzene ring substituents is 1. The van der Waals surface area contributed by atoms with Crippen LogP contribution >= 0.6 is 11.6 Å². The van der Waals surface area contributed by atoms with Crippen molar-refractivity contribution in [3.05, 3.63) is 91.7 Å². The van der Waals surface area contributed by atoms with Crippen LogP contribution in [0.5, 0.6) is 0 Å². The van der Waals surface area contributed by atoms with Crippen LogP contribution in [-0.4, -0.2) is 37.0 Å². The van der Waals surface area contributed by atoms with Gasteiger partial charge in [0, 0.05) is 49.1 Å². The van der Waals surface area contributed by atoms with Gasteiger partial charge >= 0.3 is 0 Å². The van der Waals surface area contributed by atoms with E-state index in [0.29, 0.717) is 11.4 Å². The molecule has 1 fully saturated rings. The summed E-state index contributed by atoms with van der Waals surface area (Å²) in [5, 5.41) is 14.0. The van der Waals surface area contributed by atoms with E-state index in [0.717, 1.165) is 4.90 Å². The average molecular weight is 541 g/mol. The molecular weight excluding hydrogens is 523 g/mol. The van der Waals surface area contributed by atoms with Crippen LogP contribution in [-0.2, 0) is 0 Å². The third kappa shape index (κ3) is 4.88. The van der Waals surface area contributed by atoms with Gasteiger partial charge in [0.15, 0.2) is 23.3 Å². The molecule has 1 aliphatic rings. The van der Waals surface area contributed by atoms with E-state index in [1.165, 1.54) is 31.2 Å². The van der Waals surface area contributed by atoms with Gasteiger partial charge in [-0.05, 0) is 31.2 Å². The largest absolute Gasteiger partial charge is 0.367 e. The molecule has 1 aliphatic heterocycles. The fourth-order valence-corrected chi connectivity index (χ4v) is 4.45. The molecule has 1 N–H and O–H groups in total. The Morgan fingerprint density at radius 1 is 0.919 bits per heavy atom. The number of nitrogens with zero attached hydrogens (tertiary/aromatic N) is 3. The lowest BCUT2D eigenvalue weighted by Crippen LogP contribution is -2.47. The van der Waals surface area contributed by atoms with Crippen LogP contribution < -0.4 is 15.1 Å². The number of anilines is 3. The Morgan fingerprint density at radius 3 is 2.05 bits per heavy atom. The number of nitrogens with one attached hydrogen (secondary N) is 1. The van der Waals surface area contributed by atoms with E-state index in [1.54, 1.807) is 17.0 Å². The number of hydrogen-bond donors (Lipinski definition) is 1. The van der Waals surface area contributed by atoms with E-state index in [-0.39, 0.29) is 48.0 Å². The summed E-state index contributed by atoms with van der Waals surface area (Å²) < 4.78 is 68.9. The quantitative estimate of drug-likeness (QED) is 0.145. The van der Waals surface area contributed by atoms with Crippen LogP contribution in [0.4, 0.5) is 44.7 Å². The van der Waals surface area contributed by atoms with Crippen molar-refractivity contribution in [3.8, 4) is 0 Å². The summed E-state index contributed by atoms with van der Waals surface area (Å²) in [6, 6.07) is 8.79. The van der Waals surface area contributed by atoms with E-state index in [9.17, 15) is 36.9 Å². The molecule has 1 amide bonds. The van der Waals surface area contributed by atoms with E-state index in [1.807, 2.05) is 0 Å². The Bertz CT molecular complexity index is 1380. The molecule has 1 saturated heterocycles. The van der Waals surface area contributed by atoms with Gasteiger partial charge in [0.25, 0.3) is 11.6 Å². The Morgan fingerprint density at radius 2 is 1.49 bits per heavy atom. The number of piperazine rings is 1. The number of halogens is 6. The zero-order valence-electron chi connectivity index (χ0n) is 19.1. The van der Waals surface area contributed by atoms with Gasteiger partial charge in [-0.25, -0.2) is 22.0 Å². The second-order valence-electron chi connectivity index (χ2n) is 8.22. The van der Waals surface area contributed by atoms with E-state index in [4.69, 9.17) is 11.6 Å². The number of nitro groups is 1. The molecule has 0 spiro atoms. The van der Waals surface area contributed by atoms with Crippen LogP contribution in [0.15, 0.2) is 36.4 Å². The maximum atomic E-state index is 14.2. The predicted molar refractivity (Wildman–Crippen MR) is 128 cm³/mol. The van der Waals surface area contributed by atoms with Gasteiger partial charge in [0.2, 0.25) is 5.82 Å². The first-order valence-electron chi connectivity index (χ1n) is 10.9. The molecule has 0 aliphatic carbocycles. The minimum atomic E-state index is -2.21. The summed E-state index contributed by atoms with van der Waals surface area (Å²) in [6.07, 6.45) is 0. The average Bonchev–Trinajstić information content (AvgIpc) is 2.87. The predicted octanol–water partition coefficient (Wildman–Crippen LogP) is 5.83. The molecule has 0 unspecified atom stereocenters. The number of benzene rings is 3. The molecule has 3 aromatic carbocycles. The summed E-state index contributed by atoms with van der Waals surface area (Å²) in [6.45, 7) is 1.71. The van der Waals surface area contributed by atoms with Crippen LogP contribution in [0.2, 0.25) is 5.02 Å². The first-order chi connectivity index (χ1) is 17.5. The van der Waals surface area contributed by atoms with Gasteiger partial charge < -0.3 is 15.1 Å². The smallest absolute Gasteiger partial charge is 0.273 e. The minimum Gasteiger partial charge on any atom is -0.367 e. The molecule has 7 nitrogen and oxygen atoms in total. The molecule has 3 aromatic rings. The highest BCUT2D eigenvalue weighted by atomic mass is 35.5. The number of hydrogen-bond acceptors (Lipinski definition) is 5. The molecule has 37 heavy (non-hydrogen) atoms. The van der Waals surface area contributed by atoms with Gasteiger partial charge in [0.1, 0.15) is 5.69 Å². The zero-order valence-corrected chi connectivity index (χ0v) is 19.9. The lowest BCUT2D eigenvalue weighted by molar-refractivity contribution is -0.385. The summed E-state index contributed by atoms with van der Waals surface area (Å²) in [5.74, 6) is -10.6. The Hall–Kier alpha value is -3.93. The third-order valence-electron chi connectivity index (χ3n) is 6.08. The Labute approximate surface area is 212 Å². The molecule has 0 saturated carbocycles. The maximum absolute atomic E-state index is 14.2. The van der Waals surface area contributed by atoms with Crippen molar-refractivity contribution in [2.45, 2.75) is 6.92 Å². The van der Waals surface area contributed by atoms with Crippen molar-refractivity contribution in [2.24, 2.45) is 0 Å². The summed E-state index contributed by atoms with van der Waals surface area (Å²) in [7, 11) is 0. The highest BCUT2D eigenvalue weighted by molar-refractivity contribution is 6.33. The normalized spacial score (nSPS) is 13.6. The van der Waals surface area contributed by atoms with Crippen molar-refractivity contribution in [1.82, 2.24) is 0 Å². The monoisotopic (exact) mass is 540 g/mol. The molecule has 1 heterocycles. The second kappa shape index (κ2) is 10.2. The second-order valence-corrected chi connectivity index (χ2v) is 8.63. The maximum Gasteiger partial charge on any atom is 0.273 e. The van der Waals surface area contributed by atoms with Crippen molar-refractivity contribution < 1.29 is 31.7 Å². The SMILES string of the molecule is Cc1c(C(=O)Nc2ccc(N3CCN(c4c(F)c(F)c(F)c(F)c4F)CC3)c(Cl)c2)cccc1[N+](=O)[O-]. The third-order valence-corrected chi connectivity index (χ3v) is 6.38. The van der Waals surface area contributed by atoms with Gasteiger partial charge in [-0.1, -0.05) is 17.7 Å². The summed E-state index contributed by atoms with van der Waals surface area (Å²) in [4.78, 5) is 26.1. The van der Waals surface area contributed by atoms with Crippen LogP contribution in [0.25, 0.3) is 0 Å². The van der Waals surface area contributed by atoms with Crippen LogP contribution in [0.3, 0.4) is 0 Å². The minimum absolute atomic E-state index is 0.0424. The molecule has 4 rings (SSSR count). The number of rotatable bonds is 5. The molecule has 0 aromatic heterocycles. The number of amides is 1. The fourth-order valence-electron chi connectivity index (χ4n) is 4.15. The van der Waals surface area contributed by atoms with Crippen LogP contribution in [0, 0.1) is 46.1 Å². The summed E-state index contributed by atoms with van der Waals surface area (Å²) >= 11 is 6.40. The van der Waals surface area contributed by atoms with Crippen molar-refractivity contribution in [2.75, 3.05) is 41.3 Å². The van der Waals surface area contributed by atoms with E-state index >= 15 is 0 Å². The van der Waals surface area contributed by atoms with Crippen molar-refractivity contribution in [3.63, 3.8) is 0 Å². The topological polar surface area (TPSA) is 78.7 Å². The van der Waals surface area contributed by atoms with Gasteiger partial charge in [-0.2, -0.15) is 0 Å². The van der Waals surface area contributed by atoms with Gasteiger partial charge in [-0.15, -0.1) is 0 Å². The van der Waals surface area contributed by atoms with E-state index < -0.39 is 45.6 Å². The Balaban J connectivity index is 1.47. The zero-order chi connectivity index (χ0) is 27.0. The number of carbonyl (C=O) groups excluding carboxylic acids is 1. The van der Waals surface area contributed by atoms with Crippen LogP contribution in [0.1, 0.15) is 15.9 Å². The van der Waals surface area contributed by atoms with Crippen molar-refractivity contribution in [1.29, 1.82) is 0 Å². The number of carbonyl (C=O) groups is 1. The molecule has 0 radical (unpaired) electrons. The highest BCUT2D eigenvalue weighted by Gasteiger charge is 2.31. The molecular formula is C24H18ClF5N4O3. The van der Waals surface area contributed by atoms with E-state index in [2.05, 4.69) is 5.32 Å². The first-order valence-corrected chi connectivity index (χ1v) is 11.2. The standard InChI is InChI=1S/C24H18ClF5N4O3/c1-12-14(3-2-4-16(12)34(36)37)24(35)31-13-5-6-17(15(25)11-13)32-7-9-33(10-8-32)23-21(29)19(27)18(26)20(28)22(23)30/h2-6,11H,7-10H2,1H3,(H,31,35). The lowest BCUT2D eigenvalue weighted by atomic mass is 10.1.